The van der Waals surface area contributed by atoms with E-state index in [0.29, 0.717) is 0 Å². The van der Waals surface area contributed by atoms with Gasteiger partial charge in [0.25, 0.3) is 0 Å². The molecule has 2 atom stereocenters. The van der Waals surface area contributed by atoms with E-state index in [1.807, 2.05) is 18.2 Å². The van der Waals surface area contributed by atoms with Gasteiger partial charge in [0.2, 0.25) is 0 Å². The summed E-state index contributed by atoms with van der Waals surface area (Å²) >= 11 is 6.06. The summed E-state index contributed by atoms with van der Waals surface area (Å²) in [4.78, 5) is 0. The third-order valence-corrected chi connectivity index (χ3v) is 3.52. The first-order valence-corrected chi connectivity index (χ1v) is 7.27. The number of benzene rings is 1. The minimum Gasteiger partial charge on any atom is -0.379 e. The predicted octanol–water partition coefficient (Wildman–Crippen LogP) is 3.92. The number of rotatable bonds is 6. The lowest BCUT2D eigenvalue weighted by atomic mass is 9.82. The Morgan fingerprint density at radius 2 is 2.00 bits per heavy atom. The van der Waals surface area contributed by atoms with Crippen LogP contribution in [0, 0.1) is 5.41 Å². The first-order valence-electron chi connectivity index (χ1n) is 6.89. The number of halogens is 1. The zero-order valence-electron chi connectivity index (χ0n) is 12.7. The third-order valence-electron chi connectivity index (χ3n) is 3.28. The van der Waals surface area contributed by atoms with E-state index in [2.05, 4.69) is 39.1 Å². The van der Waals surface area contributed by atoms with Crippen LogP contribution in [0.15, 0.2) is 24.3 Å². The van der Waals surface area contributed by atoms with Crippen molar-refractivity contribution in [1.29, 1.82) is 0 Å². The van der Waals surface area contributed by atoms with Gasteiger partial charge in [0, 0.05) is 18.2 Å². The van der Waals surface area contributed by atoms with E-state index in [9.17, 15) is 0 Å². The second kappa shape index (κ2) is 7.28. The maximum atomic E-state index is 6.06. The van der Waals surface area contributed by atoms with E-state index in [1.54, 1.807) is 7.11 Å². The van der Waals surface area contributed by atoms with Gasteiger partial charge in [-0.3, -0.25) is 0 Å². The van der Waals surface area contributed by atoms with Gasteiger partial charge in [-0.1, -0.05) is 51.4 Å². The summed E-state index contributed by atoms with van der Waals surface area (Å²) in [6.45, 7) is 9.69. The van der Waals surface area contributed by atoms with Crippen molar-refractivity contribution in [3.05, 3.63) is 34.9 Å². The Morgan fingerprint density at radius 3 is 2.47 bits per heavy atom. The van der Waals surface area contributed by atoms with Gasteiger partial charge in [0.05, 0.1) is 6.10 Å². The maximum Gasteiger partial charge on any atom is 0.0775 e. The van der Waals surface area contributed by atoms with Gasteiger partial charge < -0.3 is 10.1 Å². The molecular weight excluding hydrogens is 258 g/mol. The van der Waals surface area contributed by atoms with Crippen LogP contribution in [-0.2, 0) is 11.2 Å². The van der Waals surface area contributed by atoms with Crippen molar-refractivity contribution in [2.75, 3.05) is 13.7 Å². The predicted molar refractivity (Wildman–Crippen MR) is 82.9 cm³/mol. The second-order valence-corrected chi connectivity index (χ2v) is 6.46. The van der Waals surface area contributed by atoms with Crippen molar-refractivity contribution in [2.45, 2.75) is 46.3 Å². The molecule has 0 radical (unpaired) electrons. The lowest BCUT2D eigenvalue weighted by Gasteiger charge is -2.36. The van der Waals surface area contributed by atoms with E-state index in [0.717, 1.165) is 18.0 Å². The molecule has 1 aromatic rings. The maximum absolute atomic E-state index is 6.06. The fourth-order valence-corrected chi connectivity index (χ4v) is 2.80. The number of methoxy groups -OCH3 is 1. The van der Waals surface area contributed by atoms with Gasteiger partial charge in [-0.2, -0.15) is 0 Å². The summed E-state index contributed by atoms with van der Waals surface area (Å²) in [6, 6.07) is 8.34. The van der Waals surface area contributed by atoms with E-state index < -0.39 is 0 Å². The van der Waals surface area contributed by atoms with Crippen LogP contribution in [0.3, 0.4) is 0 Å². The SMILES string of the molecule is CCNC(Cc1cccc(Cl)c1)C(OC)C(C)(C)C. The molecule has 0 saturated carbocycles. The highest BCUT2D eigenvalue weighted by molar-refractivity contribution is 6.30. The number of ether oxygens (including phenoxy) is 1. The second-order valence-electron chi connectivity index (χ2n) is 6.02. The molecule has 1 rings (SSSR count). The van der Waals surface area contributed by atoms with Crippen molar-refractivity contribution < 1.29 is 4.74 Å². The first kappa shape index (κ1) is 16.5. The third kappa shape index (κ3) is 5.13. The van der Waals surface area contributed by atoms with Crippen molar-refractivity contribution >= 4 is 11.6 Å². The summed E-state index contributed by atoms with van der Waals surface area (Å²) < 4.78 is 5.74. The lowest BCUT2D eigenvalue weighted by Crippen LogP contribution is -2.48. The Balaban J connectivity index is 2.88. The molecule has 1 aromatic carbocycles. The monoisotopic (exact) mass is 283 g/mol. The highest BCUT2D eigenvalue weighted by Gasteiger charge is 2.31. The molecule has 3 heteroatoms. The molecule has 0 spiro atoms. The van der Waals surface area contributed by atoms with E-state index in [1.165, 1.54) is 5.56 Å². The average molecular weight is 284 g/mol. The van der Waals surface area contributed by atoms with Gasteiger partial charge in [-0.15, -0.1) is 0 Å². The zero-order valence-corrected chi connectivity index (χ0v) is 13.4. The van der Waals surface area contributed by atoms with Gasteiger partial charge >= 0.3 is 0 Å². The molecule has 0 aliphatic rings. The first-order chi connectivity index (χ1) is 8.88. The molecule has 108 valence electrons. The van der Waals surface area contributed by atoms with Crippen molar-refractivity contribution in [1.82, 2.24) is 5.32 Å². The highest BCUT2D eigenvalue weighted by atomic mass is 35.5. The van der Waals surface area contributed by atoms with E-state index in [-0.39, 0.29) is 17.6 Å². The minimum absolute atomic E-state index is 0.0974. The summed E-state index contributed by atoms with van der Waals surface area (Å²) in [7, 11) is 1.79. The Hall–Kier alpha value is -0.570. The van der Waals surface area contributed by atoms with Crippen molar-refractivity contribution in [3.8, 4) is 0 Å². The normalized spacial score (nSPS) is 15.3. The largest absolute Gasteiger partial charge is 0.379 e. The Morgan fingerprint density at radius 1 is 1.32 bits per heavy atom. The van der Waals surface area contributed by atoms with Crippen LogP contribution in [0.1, 0.15) is 33.3 Å². The fourth-order valence-electron chi connectivity index (χ4n) is 2.59. The number of hydrogen-bond donors (Lipinski definition) is 1. The molecule has 19 heavy (non-hydrogen) atoms. The van der Waals surface area contributed by atoms with Crippen LogP contribution in [0.2, 0.25) is 5.02 Å². The number of hydrogen-bond acceptors (Lipinski definition) is 2. The quantitative estimate of drug-likeness (QED) is 0.854. The van der Waals surface area contributed by atoms with Crippen molar-refractivity contribution in [3.63, 3.8) is 0 Å². The Labute approximate surface area is 122 Å². The van der Waals surface area contributed by atoms with Gasteiger partial charge in [-0.25, -0.2) is 0 Å². The summed E-state index contributed by atoms with van der Waals surface area (Å²) in [6.07, 6.45) is 1.08. The van der Waals surface area contributed by atoms with Crippen LogP contribution < -0.4 is 5.32 Å². The molecule has 0 aliphatic carbocycles. The van der Waals surface area contributed by atoms with Gasteiger partial charge in [0.15, 0.2) is 0 Å². The number of likely N-dealkylation sites (N-methyl/N-ethyl adjacent to an activating group) is 1. The molecule has 2 unspecified atom stereocenters. The van der Waals surface area contributed by atoms with E-state index >= 15 is 0 Å². The van der Waals surface area contributed by atoms with Crippen molar-refractivity contribution in [2.24, 2.45) is 5.41 Å². The van der Waals surface area contributed by atoms with Crippen LogP contribution >= 0.6 is 11.6 Å². The standard InChI is InChI=1S/C16H26ClNO/c1-6-18-14(15(19-5)16(2,3)4)11-12-8-7-9-13(17)10-12/h7-10,14-15,18H,6,11H2,1-5H3. The molecule has 1 N–H and O–H groups in total. The van der Waals surface area contributed by atoms with Gasteiger partial charge in [-0.05, 0) is 36.1 Å². The molecule has 0 fully saturated rings. The Bertz CT molecular complexity index is 387. The van der Waals surface area contributed by atoms with Crippen LogP contribution in [0.25, 0.3) is 0 Å². The Kier molecular flexibility index (Phi) is 6.31. The molecule has 2 nitrogen and oxygen atoms in total. The van der Waals surface area contributed by atoms with Crippen LogP contribution in [0.5, 0.6) is 0 Å². The topological polar surface area (TPSA) is 21.3 Å². The summed E-state index contributed by atoms with van der Waals surface area (Å²) in [5.41, 5.74) is 1.34. The molecular formula is C16H26ClNO. The molecule has 0 aromatic heterocycles. The minimum atomic E-state index is 0.0974. The molecule has 0 saturated heterocycles. The van der Waals surface area contributed by atoms with Crippen LogP contribution in [0.4, 0.5) is 0 Å². The average Bonchev–Trinajstić information content (AvgIpc) is 2.28. The fraction of sp³-hybridized carbons (Fsp3) is 0.625. The molecule has 0 amide bonds. The molecule has 0 heterocycles. The van der Waals surface area contributed by atoms with Crippen LogP contribution in [-0.4, -0.2) is 25.8 Å². The highest BCUT2D eigenvalue weighted by Crippen LogP contribution is 2.26. The molecule has 0 bridgehead atoms. The summed E-state index contributed by atoms with van der Waals surface area (Å²) in [5.74, 6) is 0. The lowest BCUT2D eigenvalue weighted by molar-refractivity contribution is -0.0106. The number of nitrogens with one attached hydrogen (secondary N) is 1. The van der Waals surface area contributed by atoms with E-state index in [4.69, 9.17) is 16.3 Å². The van der Waals surface area contributed by atoms with Gasteiger partial charge in [0.1, 0.15) is 0 Å². The molecule has 0 aliphatic heterocycles. The zero-order chi connectivity index (χ0) is 14.5. The smallest absolute Gasteiger partial charge is 0.0775 e. The summed E-state index contributed by atoms with van der Waals surface area (Å²) in [5, 5.41) is 4.33.